The maximum Gasteiger partial charge on any atom is 0.255 e. The van der Waals surface area contributed by atoms with E-state index in [2.05, 4.69) is 41.6 Å². The lowest BCUT2D eigenvalue weighted by atomic mass is 9.88. The van der Waals surface area contributed by atoms with Crippen LogP contribution in [-0.4, -0.2) is 16.1 Å². The van der Waals surface area contributed by atoms with E-state index in [0.29, 0.717) is 5.56 Å². The summed E-state index contributed by atoms with van der Waals surface area (Å²) in [6.07, 6.45) is 1.51. The van der Waals surface area contributed by atoms with Gasteiger partial charge in [0.2, 0.25) is 0 Å². The number of fused-ring (bicyclic) bond motifs is 1. The molecule has 1 aromatic heterocycles. The van der Waals surface area contributed by atoms with E-state index >= 15 is 0 Å². The number of aromatic amines is 1. The maximum atomic E-state index is 12.2. The molecule has 104 valence electrons. The summed E-state index contributed by atoms with van der Waals surface area (Å²) in [5, 5.41) is 13.5. The number of anilines is 1. The topological polar surface area (TPSA) is 69.8 Å². The van der Waals surface area contributed by atoms with Crippen molar-refractivity contribution in [2.24, 2.45) is 0 Å². The zero-order valence-corrected chi connectivity index (χ0v) is 11.8. The minimum absolute atomic E-state index is 0.0603. The van der Waals surface area contributed by atoms with Gasteiger partial charge in [0.1, 0.15) is 6.17 Å². The van der Waals surface area contributed by atoms with E-state index < -0.39 is 0 Å². The molecule has 0 saturated carbocycles. The average molecular weight is 270 g/mol. The first-order chi connectivity index (χ1) is 9.47. The van der Waals surface area contributed by atoms with Crippen LogP contribution in [0.1, 0.15) is 48.6 Å². The van der Waals surface area contributed by atoms with Gasteiger partial charge in [0.15, 0.2) is 0 Å². The number of aromatic nitrogens is 2. The van der Waals surface area contributed by atoms with E-state index in [1.54, 1.807) is 6.20 Å². The van der Waals surface area contributed by atoms with Crippen molar-refractivity contribution in [2.75, 3.05) is 5.32 Å². The SMILES string of the molecule is CC(C)(C)c1[nH]ncc1C1NC(=O)c2ccccc2N1. The Hall–Kier alpha value is -2.30. The van der Waals surface area contributed by atoms with Crippen LogP contribution in [0.25, 0.3) is 0 Å². The monoisotopic (exact) mass is 270 g/mol. The third-order valence-corrected chi connectivity index (χ3v) is 3.48. The van der Waals surface area contributed by atoms with Crippen LogP contribution in [0.15, 0.2) is 30.5 Å². The van der Waals surface area contributed by atoms with Gasteiger partial charge in [-0.2, -0.15) is 5.10 Å². The van der Waals surface area contributed by atoms with Crippen LogP contribution in [0.2, 0.25) is 0 Å². The highest BCUT2D eigenvalue weighted by atomic mass is 16.2. The standard InChI is InChI=1S/C15H18N4O/c1-15(2,3)12-10(8-16-19-12)13-17-11-7-5-4-6-9(11)14(20)18-13/h4-8,13,17H,1-3H3,(H,16,19)(H,18,20). The highest BCUT2D eigenvalue weighted by molar-refractivity contribution is 6.01. The van der Waals surface area contributed by atoms with Crippen LogP contribution in [0.3, 0.4) is 0 Å². The molecule has 5 heteroatoms. The highest BCUT2D eigenvalue weighted by Gasteiger charge is 2.30. The van der Waals surface area contributed by atoms with E-state index in [0.717, 1.165) is 16.9 Å². The Balaban J connectivity index is 1.99. The second-order valence-electron chi connectivity index (χ2n) is 6.05. The minimum atomic E-state index is -0.259. The van der Waals surface area contributed by atoms with E-state index in [1.165, 1.54) is 0 Å². The Morgan fingerprint density at radius 3 is 2.65 bits per heavy atom. The molecule has 3 N–H and O–H groups in total. The lowest BCUT2D eigenvalue weighted by molar-refractivity contribution is 0.0935. The van der Waals surface area contributed by atoms with Gasteiger partial charge in [-0.25, -0.2) is 0 Å². The molecule has 0 bridgehead atoms. The Kier molecular flexibility index (Phi) is 2.78. The number of carbonyl (C=O) groups excluding carboxylic acids is 1. The first-order valence-electron chi connectivity index (χ1n) is 6.67. The van der Waals surface area contributed by atoms with E-state index in [9.17, 15) is 4.79 Å². The van der Waals surface area contributed by atoms with Crippen molar-refractivity contribution in [3.05, 3.63) is 47.3 Å². The van der Waals surface area contributed by atoms with Gasteiger partial charge in [-0.1, -0.05) is 32.9 Å². The number of H-pyrrole nitrogens is 1. The molecular weight excluding hydrogens is 252 g/mol. The summed E-state index contributed by atoms with van der Waals surface area (Å²) in [6.45, 7) is 6.34. The van der Waals surface area contributed by atoms with Crippen molar-refractivity contribution < 1.29 is 4.79 Å². The van der Waals surface area contributed by atoms with E-state index in [1.807, 2.05) is 24.3 Å². The molecule has 0 aliphatic carbocycles. The molecule has 3 rings (SSSR count). The van der Waals surface area contributed by atoms with Gasteiger partial charge in [-0.3, -0.25) is 9.89 Å². The Morgan fingerprint density at radius 2 is 1.90 bits per heavy atom. The molecule has 0 fully saturated rings. The van der Waals surface area contributed by atoms with Gasteiger partial charge in [-0.15, -0.1) is 0 Å². The molecule has 0 radical (unpaired) electrons. The second kappa shape index (κ2) is 4.37. The summed E-state index contributed by atoms with van der Waals surface area (Å²) in [5.41, 5.74) is 3.46. The first kappa shape index (κ1) is 12.7. The summed E-state index contributed by atoms with van der Waals surface area (Å²) < 4.78 is 0. The van der Waals surface area contributed by atoms with Crippen LogP contribution in [0, 0.1) is 0 Å². The zero-order valence-electron chi connectivity index (χ0n) is 11.8. The number of rotatable bonds is 1. The molecule has 20 heavy (non-hydrogen) atoms. The summed E-state index contributed by atoms with van der Waals surface area (Å²) in [6, 6.07) is 7.51. The number of para-hydroxylation sites is 1. The van der Waals surface area contributed by atoms with Crippen molar-refractivity contribution in [3.63, 3.8) is 0 Å². The molecule has 0 saturated heterocycles. The van der Waals surface area contributed by atoms with E-state index in [4.69, 9.17) is 0 Å². The summed E-state index contributed by atoms with van der Waals surface area (Å²) in [5.74, 6) is -0.0644. The molecule has 1 atom stereocenters. The summed E-state index contributed by atoms with van der Waals surface area (Å²) >= 11 is 0. The fraction of sp³-hybridized carbons (Fsp3) is 0.333. The lowest BCUT2D eigenvalue weighted by Gasteiger charge is -2.29. The number of carbonyl (C=O) groups is 1. The number of hydrogen-bond acceptors (Lipinski definition) is 3. The van der Waals surface area contributed by atoms with Gasteiger partial charge in [0.05, 0.1) is 11.8 Å². The first-order valence-corrected chi connectivity index (χ1v) is 6.67. The second-order valence-corrected chi connectivity index (χ2v) is 6.05. The molecule has 0 spiro atoms. The molecule has 1 aliphatic heterocycles. The quantitative estimate of drug-likeness (QED) is 0.746. The fourth-order valence-corrected chi connectivity index (χ4v) is 2.48. The average Bonchev–Trinajstić information content (AvgIpc) is 2.88. The van der Waals surface area contributed by atoms with Crippen LogP contribution in [0.5, 0.6) is 0 Å². The Labute approximate surface area is 117 Å². The molecule has 2 heterocycles. The molecule has 1 aliphatic rings. The Bertz CT molecular complexity index is 654. The maximum absolute atomic E-state index is 12.2. The predicted octanol–water partition coefficient (Wildman–Crippen LogP) is 2.56. The van der Waals surface area contributed by atoms with Gasteiger partial charge < -0.3 is 10.6 Å². The van der Waals surface area contributed by atoms with Crippen molar-refractivity contribution in [1.82, 2.24) is 15.5 Å². The van der Waals surface area contributed by atoms with Crippen molar-refractivity contribution in [3.8, 4) is 0 Å². The van der Waals surface area contributed by atoms with Gasteiger partial charge in [-0.05, 0) is 12.1 Å². The van der Waals surface area contributed by atoms with Crippen molar-refractivity contribution in [1.29, 1.82) is 0 Å². The normalized spacial score (nSPS) is 18.1. The highest BCUT2D eigenvalue weighted by Crippen LogP contribution is 2.31. The molecule has 1 amide bonds. The smallest absolute Gasteiger partial charge is 0.255 e. The van der Waals surface area contributed by atoms with Crippen LogP contribution < -0.4 is 10.6 Å². The molecule has 1 unspecified atom stereocenters. The lowest BCUT2D eigenvalue weighted by Crippen LogP contribution is -2.39. The largest absolute Gasteiger partial charge is 0.361 e. The van der Waals surface area contributed by atoms with Crippen LogP contribution >= 0.6 is 0 Å². The summed E-state index contributed by atoms with van der Waals surface area (Å²) in [4.78, 5) is 12.2. The van der Waals surface area contributed by atoms with E-state index in [-0.39, 0.29) is 17.5 Å². The number of nitrogens with one attached hydrogen (secondary N) is 3. The third kappa shape index (κ3) is 2.05. The molecule has 1 aromatic carbocycles. The zero-order chi connectivity index (χ0) is 14.3. The minimum Gasteiger partial charge on any atom is -0.361 e. The van der Waals surface area contributed by atoms with Crippen molar-refractivity contribution in [2.45, 2.75) is 32.4 Å². The number of amides is 1. The summed E-state index contributed by atoms with van der Waals surface area (Å²) in [7, 11) is 0. The Morgan fingerprint density at radius 1 is 1.15 bits per heavy atom. The predicted molar refractivity (Wildman–Crippen MR) is 77.6 cm³/mol. The fourth-order valence-electron chi connectivity index (χ4n) is 2.48. The molecular formula is C15H18N4O. The van der Waals surface area contributed by atoms with Gasteiger partial charge >= 0.3 is 0 Å². The number of benzene rings is 1. The molecule has 5 nitrogen and oxygen atoms in total. The van der Waals surface area contributed by atoms with Crippen LogP contribution in [0.4, 0.5) is 5.69 Å². The van der Waals surface area contributed by atoms with Crippen LogP contribution in [-0.2, 0) is 5.41 Å². The third-order valence-electron chi connectivity index (χ3n) is 3.48. The van der Waals surface area contributed by atoms with Crippen molar-refractivity contribution >= 4 is 11.6 Å². The van der Waals surface area contributed by atoms with Gasteiger partial charge in [0.25, 0.3) is 5.91 Å². The number of hydrogen-bond donors (Lipinski definition) is 3. The molecule has 2 aromatic rings. The van der Waals surface area contributed by atoms with Gasteiger partial charge in [0, 0.05) is 22.4 Å². The number of nitrogens with zero attached hydrogens (tertiary/aromatic N) is 1.